The zero-order chi connectivity index (χ0) is 12.7. The summed E-state index contributed by atoms with van der Waals surface area (Å²) in [4.78, 5) is 13.4. The van der Waals surface area contributed by atoms with Gasteiger partial charge in [-0.15, -0.1) is 0 Å². The van der Waals surface area contributed by atoms with E-state index in [2.05, 4.69) is 11.4 Å². The van der Waals surface area contributed by atoms with E-state index in [0.29, 0.717) is 19.6 Å². The molecule has 1 aromatic carbocycles. The van der Waals surface area contributed by atoms with Crippen molar-refractivity contribution >= 4 is 5.91 Å². The molecule has 0 unspecified atom stereocenters. The summed E-state index contributed by atoms with van der Waals surface area (Å²) in [6, 6.07) is 8.05. The predicted molar refractivity (Wildman–Crippen MR) is 69.4 cm³/mol. The Morgan fingerprint density at radius 2 is 2.00 bits per heavy atom. The second-order valence-electron chi connectivity index (χ2n) is 4.10. The molecule has 1 amide bonds. The fourth-order valence-corrected chi connectivity index (χ4v) is 1.76. The molecule has 0 atom stereocenters. The fraction of sp³-hybridized carbons (Fsp3) is 0.462. The summed E-state index contributed by atoms with van der Waals surface area (Å²) in [6.07, 6.45) is 0. The van der Waals surface area contributed by atoms with Gasteiger partial charge < -0.3 is 11.1 Å². The zero-order valence-electron chi connectivity index (χ0n) is 10.6. The van der Waals surface area contributed by atoms with Crippen LogP contribution in [0.25, 0.3) is 0 Å². The molecular formula is C13H21N3O. The minimum absolute atomic E-state index is 0.0558. The SMILES string of the molecule is CCNC(=O)CN(C)Cc1ccccc1CN. The number of hydrogen-bond acceptors (Lipinski definition) is 3. The van der Waals surface area contributed by atoms with Crippen molar-refractivity contribution in [1.82, 2.24) is 10.2 Å². The first-order chi connectivity index (χ1) is 8.17. The summed E-state index contributed by atoms with van der Waals surface area (Å²) < 4.78 is 0. The first kappa shape index (κ1) is 13.7. The van der Waals surface area contributed by atoms with Crippen LogP contribution in [0.3, 0.4) is 0 Å². The highest BCUT2D eigenvalue weighted by atomic mass is 16.1. The number of amides is 1. The Hall–Kier alpha value is -1.39. The molecule has 0 fully saturated rings. The van der Waals surface area contributed by atoms with E-state index < -0.39 is 0 Å². The number of nitrogens with zero attached hydrogens (tertiary/aromatic N) is 1. The Morgan fingerprint density at radius 1 is 1.35 bits per heavy atom. The third-order valence-corrected chi connectivity index (χ3v) is 2.57. The van der Waals surface area contributed by atoms with E-state index in [-0.39, 0.29) is 5.91 Å². The number of likely N-dealkylation sites (N-methyl/N-ethyl adjacent to an activating group) is 2. The number of benzene rings is 1. The first-order valence-corrected chi connectivity index (χ1v) is 5.89. The topological polar surface area (TPSA) is 58.4 Å². The first-order valence-electron chi connectivity index (χ1n) is 5.89. The van der Waals surface area contributed by atoms with Gasteiger partial charge >= 0.3 is 0 Å². The molecule has 94 valence electrons. The number of nitrogens with one attached hydrogen (secondary N) is 1. The Labute approximate surface area is 103 Å². The maximum absolute atomic E-state index is 11.4. The smallest absolute Gasteiger partial charge is 0.234 e. The van der Waals surface area contributed by atoms with Gasteiger partial charge in [0.05, 0.1) is 6.54 Å². The maximum atomic E-state index is 11.4. The van der Waals surface area contributed by atoms with E-state index in [9.17, 15) is 4.79 Å². The monoisotopic (exact) mass is 235 g/mol. The molecule has 1 rings (SSSR count). The average Bonchev–Trinajstić information content (AvgIpc) is 2.29. The summed E-state index contributed by atoms with van der Waals surface area (Å²) >= 11 is 0. The Morgan fingerprint density at radius 3 is 2.59 bits per heavy atom. The summed E-state index contributed by atoms with van der Waals surface area (Å²) in [5, 5.41) is 2.79. The minimum Gasteiger partial charge on any atom is -0.355 e. The molecule has 3 N–H and O–H groups in total. The maximum Gasteiger partial charge on any atom is 0.234 e. The van der Waals surface area contributed by atoms with Gasteiger partial charge in [0.25, 0.3) is 0 Å². The highest BCUT2D eigenvalue weighted by Gasteiger charge is 2.07. The summed E-state index contributed by atoms with van der Waals surface area (Å²) in [7, 11) is 1.93. The molecule has 4 nitrogen and oxygen atoms in total. The van der Waals surface area contributed by atoms with Crippen molar-refractivity contribution < 1.29 is 4.79 Å². The van der Waals surface area contributed by atoms with E-state index in [0.717, 1.165) is 12.1 Å². The molecule has 0 saturated heterocycles. The Bertz CT molecular complexity index is 365. The molecule has 0 aliphatic carbocycles. The minimum atomic E-state index is 0.0558. The Balaban J connectivity index is 2.55. The molecule has 0 saturated carbocycles. The van der Waals surface area contributed by atoms with Crippen molar-refractivity contribution in [3.8, 4) is 0 Å². The molecular weight excluding hydrogens is 214 g/mol. The lowest BCUT2D eigenvalue weighted by molar-refractivity contribution is -0.121. The van der Waals surface area contributed by atoms with Crippen LogP contribution in [-0.2, 0) is 17.9 Å². The van der Waals surface area contributed by atoms with Crippen molar-refractivity contribution in [3.05, 3.63) is 35.4 Å². The highest BCUT2D eigenvalue weighted by Crippen LogP contribution is 2.09. The molecule has 0 bridgehead atoms. The van der Waals surface area contributed by atoms with Gasteiger partial charge in [0.2, 0.25) is 5.91 Å². The third-order valence-electron chi connectivity index (χ3n) is 2.57. The number of nitrogens with two attached hydrogens (primary N) is 1. The molecule has 17 heavy (non-hydrogen) atoms. The second-order valence-corrected chi connectivity index (χ2v) is 4.10. The number of carbonyl (C=O) groups is 1. The van der Waals surface area contributed by atoms with Crippen LogP contribution in [0, 0.1) is 0 Å². The van der Waals surface area contributed by atoms with Crippen LogP contribution in [-0.4, -0.2) is 30.9 Å². The van der Waals surface area contributed by atoms with Crippen LogP contribution in [0.4, 0.5) is 0 Å². The van der Waals surface area contributed by atoms with Gasteiger partial charge in [-0.1, -0.05) is 24.3 Å². The standard InChI is InChI=1S/C13H21N3O/c1-3-15-13(17)10-16(2)9-12-7-5-4-6-11(12)8-14/h4-7H,3,8-10,14H2,1-2H3,(H,15,17). The molecule has 4 heteroatoms. The summed E-state index contributed by atoms with van der Waals surface area (Å²) in [5.74, 6) is 0.0558. The zero-order valence-corrected chi connectivity index (χ0v) is 10.6. The predicted octanol–water partition coefficient (Wildman–Crippen LogP) is 0.713. The summed E-state index contributed by atoms with van der Waals surface area (Å²) in [5.41, 5.74) is 7.99. The van der Waals surface area contributed by atoms with Crippen LogP contribution in [0.15, 0.2) is 24.3 Å². The van der Waals surface area contributed by atoms with E-state index >= 15 is 0 Å². The van der Waals surface area contributed by atoms with Crippen LogP contribution >= 0.6 is 0 Å². The van der Waals surface area contributed by atoms with Gasteiger partial charge in [0, 0.05) is 19.6 Å². The van der Waals surface area contributed by atoms with E-state index in [1.807, 2.05) is 37.1 Å². The largest absolute Gasteiger partial charge is 0.355 e. The number of carbonyl (C=O) groups excluding carboxylic acids is 1. The molecule has 0 heterocycles. The molecule has 0 spiro atoms. The van der Waals surface area contributed by atoms with Crippen LogP contribution in [0.5, 0.6) is 0 Å². The van der Waals surface area contributed by atoms with E-state index in [1.165, 1.54) is 5.56 Å². The number of hydrogen-bond donors (Lipinski definition) is 2. The van der Waals surface area contributed by atoms with Crippen LogP contribution in [0.1, 0.15) is 18.1 Å². The van der Waals surface area contributed by atoms with Crippen molar-refractivity contribution in [2.45, 2.75) is 20.0 Å². The van der Waals surface area contributed by atoms with E-state index in [1.54, 1.807) is 0 Å². The quantitative estimate of drug-likeness (QED) is 0.763. The van der Waals surface area contributed by atoms with Crippen molar-refractivity contribution in [3.63, 3.8) is 0 Å². The Kier molecular flexibility index (Phi) is 5.66. The van der Waals surface area contributed by atoms with Crippen molar-refractivity contribution in [2.75, 3.05) is 20.1 Å². The van der Waals surface area contributed by atoms with Gasteiger partial charge in [0.15, 0.2) is 0 Å². The molecule has 0 radical (unpaired) electrons. The summed E-state index contributed by atoms with van der Waals surface area (Å²) in [6.45, 7) is 4.27. The second kappa shape index (κ2) is 7.04. The fourth-order valence-electron chi connectivity index (χ4n) is 1.76. The van der Waals surface area contributed by atoms with Crippen LogP contribution < -0.4 is 11.1 Å². The van der Waals surface area contributed by atoms with Gasteiger partial charge in [-0.3, -0.25) is 9.69 Å². The molecule has 0 aromatic heterocycles. The van der Waals surface area contributed by atoms with Gasteiger partial charge in [-0.25, -0.2) is 0 Å². The van der Waals surface area contributed by atoms with E-state index in [4.69, 9.17) is 5.73 Å². The highest BCUT2D eigenvalue weighted by molar-refractivity contribution is 5.77. The van der Waals surface area contributed by atoms with Gasteiger partial charge in [-0.05, 0) is 25.1 Å². The van der Waals surface area contributed by atoms with Gasteiger partial charge in [0.1, 0.15) is 0 Å². The lowest BCUT2D eigenvalue weighted by Crippen LogP contribution is -2.34. The lowest BCUT2D eigenvalue weighted by Gasteiger charge is -2.17. The molecule has 0 aliphatic rings. The lowest BCUT2D eigenvalue weighted by atomic mass is 10.1. The normalized spacial score (nSPS) is 10.6. The molecule has 1 aromatic rings. The average molecular weight is 235 g/mol. The van der Waals surface area contributed by atoms with Gasteiger partial charge in [-0.2, -0.15) is 0 Å². The van der Waals surface area contributed by atoms with Crippen molar-refractivity contribution in [1.29, 1.82) is 0 Å². The molecule has 0 aliphatic heterocycles. The van der Waals surface area contributed by atoms with Crippen molar-refractivity contribution in [2.24, 2.45) is 5.73 Å². The number of rotatable bonds is 6. The van der Waals surface area contributed by atoms with Crippen LogP contribution in [0.2, 0.25) is 0 Å². The third kappa shape index (κ3) is 4.54.